The van der Waals surface area contributed by atoms with Gasteiger partial charge in [-0.25, -0.2) is 0 Å². The van der Waals surface area contributed by atoms with Gasteiger partial charge in [0.05, 0.1) is 6.54 Å². The molecule has 0 aliphatic heterocycles. The molecular formula is C14H26N2O. The van der Waals surface area contributed by atoms with Gasteiger partial charge in [-0.15, -0.1) is 0 Å². The molecule has 0 saturated heterocycles. The third kappa shape index (κ3) is 3.70. The number of amides is 1. The van der Waals surface area contributed by atoms with Gasteiger partial charge in [0.15, 0.2) is 0 Å². The predicted molar refractivity (Wildman–Crippen MR) is 69.8 cm³/mol. The second kappa shape index (κ2) is 5.85. The maximum absolute atomic E-state index is 11.9. The van der Waals surface area contributed by atoms with Crippen molar-refractivity contribution in [3.63, 3.8) is 0 Å². The fraction of sp³-hybridized carbons (Fsp3) is 0.929. The van der Waals surface area contributed by atoms with Crippen molar-refractivity contribution in [2.24, 2.45) is 5.92 Å². The lowest BCUT2D eigenvalue weighted by molar-refractivity contribution is -0.129. The number of hydrogen-bond donors (Lipinski definition) is 1. The average Bonchev–Trinajstić information content (AvgIpc) is 3.20. The van der Waals surface area contributed by atoms with Crippen LogP contribution in [0.5, 0.6) is 0 Å². The van der Waals surface area contributed by atoms with Crippen LogP contribution in [0.2, 0.25) is 0 Å². The molecule has 0 bridgehead atoms. The highest BCUT2D eigenvalue weighted by molar-refractivity contribution is 5.78. The lowest BCUT2D eigenvalue weighted by Gasteiger charge is -2.29. The smallest absolute Gasteiger partial charge is 0.236 e. The number of nitrogens with one attached hydrogen (secondary N) is 1. The molecule has 1 N–H and O–H groups in total. The third-order valence-electron chi connectivity index (χ3n) is 4.45. The molecule has 2 aliphatic carbocycles. The van der Waals surface area contributed by atoms with Crippen LogP contribution in [0.25, 0.3) is 0 Å². The summed E-state index contributed by atoms with van der Waals surface area (Å²) in [4.78, 5) is 13.8. The van der Waals surface area contributed by atoms with Crippen molar-refractivity contribution in [3.05, 3.63) is 0 Å². The molecular weight excluding hydrogens is 212 g/mol. The van der Waals surface area contributed by atoms with Gasteiger partial charge in [0, 0.05) is 19.1 Å². The monoisotopic (exact) mass is 238 g/mol. The van der Waals surface area contributed by atoms with Crippen LogP contribution in [0.15, 0.2) is 0 Å². The molecule has 0 aromatic heterocycles. The van der Waals surface area contributed by atoms with Crippen molar-refractivity contribution in [2.75, 3.05) is 13.6 Å². The Morgan fingerprint density at radius 3 is 2.35 bits per heavy atom. The molecule has 0 radical (unpaired) electrons. The molecule has 2 saturated carbocycles. The van der Waals surface area contributed by atoms with Crippen molar-refractivity contribution in [3.8, 4) is 0 Å². The number of likely N-dealkylation sites (N-methyl/N-ethyl adjacent to an activating group) is 1. The molecule has 0 spiro atoms. The molecule has 17 heavy (non-hydrogen) atoms. The lowest BCUT2D eigenvalue weighted by atomic mass is 9.84. The van der Waals surface area contributed by atoms with E-state index in [1.807, 2.05) is 11.9 Å². The first-order chi connectivity index (χ1) is 8.20. The second-order valence-electron chi connectivity index (χ2n) is 5.74. The number of hydrogen-bond acceptors (Lipinski definition) is 2. The first-order valence-electron chi connectivity index (χ1n) is 7.19. The summed E-state index contributed by atoms with van der Waals surface area (Å²) in [5.74, 6) is 1.20. The highest BCUT2D eigenvalue weighted by atomic mass is 16.2. The fourth-order valence-corrected chi connectivity index (χ4v) is 2.80. The summed E-state index contributed by atoms with van der Waals surface area (Å²) in [6, 6.07) is 1.12. The van der Waals surface area contributed by atoms with E-state index >= 15 is 0 Å². The summed E-state index contributed by atoms with van der Waals surface area (Å²) in [6.07, 6.45) is 8.88. The van der Waals surface area contributed by atoms with E-state index in [0.717, 1.165) is 5.92 Å². The number of rotatable bonds is 5. The molecule has 98 valence electrons. The average molecular weight is 238 g/mol. The largest absolute Gasteiger partial charge is 0.342 e. The zero-order valence-corrected chi connectivity index (χ0v) is 11.2. The minimum absolute atomic E-state index is 0.269. The van der Waals surface area contributed by atoms with Gasteiger partial charge in [-0.1, -0.05) is 13.3 Å². The van der Waals surface area contributed by atoms with E-state index in [4.69, 9.17) is 0 Å². The highest BCUT2D eigenvalue weighted by Crippen LogP contribution is 2.27. The summed E-state index contributed by atoms with van der Waals surface area (Å²) in [6.45, 7) is 2.82. The van der Waals surface area contributed by atoms with E-state index < -0.39 is 0 Å². The van der Waals surface area contributed by atoms with Gasteiger partial charge in [0.1, 0.15) is 0 Å². The van der Waals surface area contributed by atoms with Crippen molar-refractivity contribution in [1.82, 2.24) is 10.2 Å². The topological polar surface area (TPSA) is 32.3 Å². The van der Waals surface area contributed by atoms with Crippen LogP contribution in [-0.4, -0.2) is 36.5 Å². The van der Waals surface area contributed by atoms with Crippen molar-refractivity contribution in [1.29, 1.82) is 0 Å². The Kier molecular flexibility index (Phi) is 4.43. The molecule has 0 atom stereocenters. The summed E-state index contributed by atoms with van der Waals surface area (Å²) < 4.78 is 0. The zero-order valence-electron chi connectivity index (χ0n) is 11.2. The minimum atomic E-state index is 0.269. The van der Waals surface area contributed by atoms with E-state index in [-0.39, 0.29) is 5.91 Å². The van der Waals surface area contributed by atoms with Gasteiger partial charge in [-0.05, 0) is 44.4 Å². The van der Waals surface area contributed by atoms with E-state index in [1.165, 1.54) is 44.9 Å². The van der Waals surface area contributed by atoms with E-state index in [9.17, 15) is 4.79 Å². The molecule has 0 unspecified atom stereocenters. The van der Waals surface area contributed by atoms with Crippen LogP contribution in [-0.2, 0) is 4.79 Å². The Hall–Kier alpha value is -0.570. The van der Waals surface area contributed by atoms with Gasteiger partial charge in [0.2, 0.25) is 5.91 Å². The van der Waals surface area contributed by atoms with Crippen molar-refractivity contribution in [2.45, 2.75) is 64.0 Å². The fourth-order valence-electron chi connectivity index (χ4n) is 2.80. The number of carbonyl (C=O) groups excluding carboxylic acids is 1. The van der Waals surface area contributed by atoms with E-state index in [2.05, 4.69) is 12.2 Å². The van der Waals surface area contributed by atoms with Crippen LogP contribution in [0.1, 0.15) is 51.9 Å². The first kappa shape index (κ1) is 12.9. The van der Waals surface area contributed by atoms with Crippen molar-refractivity contribution >= 4 is 5.91 Å². The summed E-state index contributed by atoms with van der Waals surface area (Å²) >= 11 is 0. The Morgan fingerprint density at radius 2 is 1.82 bits per heavy atom. The minimum Gasteiger partial charge on any atom is -0.342 e. The maximum Gasteiger partial charge on any atom is 0.236 e. The SMILES string of the molecule is CCC1CCC(NCC(=O)N(C)C2CC2)CC1. The molecule has 0 aromatic rings. The van der Waals surface area contributed by atoms with Crippen LogP contribution in [0.4, 0.5) is 0 Å². The highest BCUT2D eigenvalue weighted by Gasteiger charge is 2.29. The molecule has 3 nitrogen and oxygen atoms in total. The van der Waals surface area contributed by atoms with Crippen LogP contribution >= 0.6 is 0 Å². The van der Waals surface area contributed by atoms with Gasteiger partial charge < -0.3 is 10.2 Å². The van der Waals surface area contributed by atoms with Gasteiger partial charge >= 0.3 is 0 Å². The molecule has 2 rings (SSSR count). The summed E-state index contributed by atoms with van der Waals surface area (Å²) in [5.41, 5.74) is 0. The first-order valence-corrected chi connectivity index (χ1v) is 7.19. The zero-order chi connectivity index (χ0) is 12.3. The number of carbonyl (C=O) groups is 1. The Balaban J connectivity index is 1.63. The number of nitrogens with zero attached hydrogens (tertiary/aromatic N) is 1. The van der Waals surface area contributed by atoms with E-state index in [0.29, 0.717) is 18.6 Å². The third-order valence-corrected chi connectivity index (χ3v) is 4.45. The van der Waals surface area contributed by atoms with E-state index in [1.54, 1.807) is 0 Å². The van der Waals surface area contributed by atoms with Crippen LogP contribution in [0.3, 0.4) is 0 Å². The quantitative estimate of drug-likeness (QED) is 0.796. The second-order valence-corrected chi connectivity index (χ2v) is 5.74. The van der Waals surface area contributed by atoms with Crippen LogP contribution < -0.4 is 5.32 Å². The Morgan fingerprint density at radius 1 is 1.18 bits per heavy atom. The Bertz CT molecular complexity index is 255. The molecule has 2 fully saturated rings. The molecule has 0 heterocycles. The van der Waals surface area contributed by atoms with Gasteiger partial charge in [-0.2, -0.15) is 0 Å². The Labute approximate surface area is 105 Å². The molecule has 1 amide bonds. The molecule has 2 aliphatic rings. The van der Waals surface area contributed by atoms with Crippen LogP contribution in [0, 0.1) is 5.92 Å². The lowest BCUT2D eigenvalue weighted by Crippen LogP contribution is -2.42. The molecule has 0 aromatic carbocycles. The van der Waals surface area contributed by atoms with Crippen molar-refractivity contribution < 1.29 is 4.79 Å². The summed E-state index contributed by atoms with van der Waals surface area (Å²) in [5, 5.41) is 3.44. The standard InChI is InChI=1S/C14H26N2O/c1-3-11-4-6-12(7-5-11)15-10-14(17)16(2)13-8-9-13/h11-13,15H,3-10H2,1-2H3. The van der Waals surface area contributed by atoms with Gasteiger partial charge in [0.25, 0.3) is 0 Å². The summed E-state index contributed by atoms with van der Waals surface area (Å²) in [7, 11) is 1.94. The van der Waals surface area contributed by atoms with Gasteiger partial charge in [-0.3, -0.25) is 4.79 Å². The maximum atomic E-state index is 11.9. The predicted octanol–water partition coefficient (Wildman–Crippen LogP) is 2.17. The molecule has 3 heteroatoms. The normalized spacial score (nSPS) is 29.1.